The molecule has 0 radical (unpaired) electrons. The number of ether oxygens (including phenoxy) is 1. The number of rotatable bonds is 5. The Hall–Kier alpha value is -3.18. The summed E-state index contributed by atoms with van der Waals surface area (Å²) in [6, 6.07) is 8.53. The summed E-state index contributed by atoms with van der Waals surface area (Å²) in [7, 11) is 0. The lowest BCUT2D eigenvalue weighted by Gasteiger charge is -2.35. The average Bonchev–Trinajstić information content (AvgIpc) is 3.18. The maximum atomic E-state index is 15.0. The van der Waals surface area contributed by atoms with Gasteiger partial charge in [0.2, 0.25) is 5.91 Å². The van der Waals surface area contributed by atoms with Gasteiger partial charge in [0.15, 0.2) is 0 Å². The van der Waals surface area contributed by atoms with Crippen molar-refractivity contribution in [2.45, 2.75) is 64.3 Å². The van der Waals surface area contributed by atoms with Gasteiger partial charge in [-0.3, -0.25) is 9.69 Å². The van der Waals surface area contributed by atoms with Gasteiger partial charge in [-0.1, -0.05) is 30.7 Å². The molecule has 5 rings (SSSR count). The molecule has 37 heavy (non-hydrogen) atoms. The van der Waals surface area contributed by atoms with Crippen molar-refractivity contribution in [3.63, 3.8) is 0 Å². The van der Waals surface area contributed by atoms with Crippen LogP contribution >= 0.6 is 11.6 Å². The summed E-state index contributed by atoms with van der Waals surface area (Å²) in [5.41, 5.74) is 0.970. The van der Waals surface area contributed by atoms with Crippen LogP contribution in [-0.4, -0.2) is 45.6 Å². The van der Waals surface area contributed by atoms with E-state index >= 15 is 0 Å². The van der Waals surface area contributed by atoms with E-state index in [1.807, 2.05) is 0 Å². The molecule has 1 aromatic heterocycles. The van der Waals surface area contributed by atoms with Crippen molar-refractivity contribution >= 4 is 23.6 Å². The number of pyridine rings is 1. The van der Waals surface area contributed by atoms with Crippen LogP contribution in [-0.2, 0) is 16.0 Å². The third kappa shape index (κ3) is 4.77. The summed E-state index contributed by atoms with van der Waals surface area (Å²) in [4.78, 5) is 32.2. The Balaban J connectivity index is 1.30. The molecule has 2 heterocycles. The van der Waals surface area contributed by atoms with Crippen molar-refractivity contribution in [3.8, 4) is 17.2 Å². The summed E-state index contributed by atoms with van der Waals surface area (Å²) in [5.74, 6) is 0.449. The van der Waals surface area contributed by atoms with Crippen molar-refractivity contribution in [3.05, 3.63) is 53.1 Å². The zero-order valence-corrected chi connectivity index (χ0v) is 22.0. The van der Waals surface area contributed by atoms with Crippen molar-refractivity contribution in [1.29, 1.82) is 5.26 Å². The molecule has 1 N–H and O–H groups in total. The number of fused-ring (bicyclic) bond motifs is 5. The predicted molar refractivity (Wildman–Crippen MR) is 136 cm³/mol. The number of hydrogen-bond acceptors (Lipinski definition) is 5. The summed E-state index contributed by atoms with van der Waals surface area (Å²) in [5, 5.41) is 12.9. The Morgan fingerprint density at radius 3 is 2.62 bits per heavy atom. The van der Waals surface area contributed by atoms with Gasteiger partial charge in [-0.15, -0.1) is 0 Å². The van der Waals surface area contributed by atoms with Gasteiger partial charge in [0, 0.05) is 24.2 Å². The van der Waals surface area contributed by atoms with Crippen LogP contribution in [0.5, 0.6) is 0 Å². The topological polar surface area (TPSA) is 95.3 Å². The molecule has 9 heteroatoms. The van der Waals surface area contributed by atoms with E-state index in [4.69, 9.17) is 16.3 Å². The van der Waals surface area contributed by atoms with E-state index < -0.39 is 29.6 Å². The second-order valence-electron chi connectivity index (χ2n) is 11.4. The van der Waals surface area contributed by atoms with Crippen LogP contribution in [0.2, 0.25) is 5.15 Å². The van der Waals surface area contributed by atoms with Gasteiger partial charge < -0.3 is 10.1 Å². The fraction of sp³-hybridized carbons (Fsp3) is 0.500. The number of likely N-dealkylation sites (tertiary alicyclic amines) is 1. The fourth-order valence-electron chi connectivity index (χ4n) is 6.38. The molecule has 2 bridgehead atoms. The van der Waals surface area contributed by atoms with Crippen LogP contribution in [0.25, 0.3) is 11.1 Å². The third-order valence-corrected chi connectivity index (χ3v) is 8.14. The van der Waals surface area contributed by atoms with Crippen LogP contribution in [0.4, 0.5) is 9.18 Å². The SMILES string of the molecule is C[C@H]1[C@H]2[C@H]3C[C@@H]([C@@H]12)N(C(=O)OC(C)(C)C)[C@@H]3C(=O)N[C@H](C#N)Cc1ccc(-c2ccc(Cl)nc2)cc1F. The Labute approximate surface area is 221 Å². The molecule has 3 aliphatic rings. The number of carbonyl (C=O) groups is 2. The number of halogens is 2. The molecule has 2 aromatic rings. The fourth-order valence-corrected chi connectivity index (χ4v) is 6.49. The Bertz CT molecular complexity index is 1270. The maximum absolute atomic E-state index is 15.0. The Kier molecular flexibility index (Phi) is 6.39. The molecule has 2 amide bonds. The van der Waals surface area contributed by atoms with Gasteiger partial charge in [0.1, 0.15) is 28.7 Å². The van der Waals surface area contributed by atoms with E-state index in [2.05, 4.69) is 23.3 Å². The van der Waals surface area contributed by atoms with Crippen molar-refractivity contribution < 1.29 is 18.7 Å². The van der Waals surface area contributed by atoms with Crippen LogP contribution in [0, 0.1) is 40.8 Å². The van der Waals surface area contributed by atoms with E-state index in [-0.39, 0.29) is 24.3 Å². The van der Waals surface area contributed by atoms with E-state index in [0.29, 0.717) is 39.6 Å². The average molecular weight is 525 g/mol. The lowest BCUT2D eigenvalue weighted by atomic mass is 9.94. The number of nitrogens with zero attached hydrogens (tertiary/aromatic N) is 3. The summed E-state index contributed by atoms with van der Waals surface area (Å²) < 4.78 is 20.6. The molecule has 2 saturated carbocycles. The van der Waals surface area contributed by atoms with Crippen LogP contribution < -0.4 is 5.32 Å². The quantitative estimate of drug-likeness (QED) is 0.556. The molecule has 1 saturated heterocycles. The standard InChI is InChI=1S/C28H30ClFN4O3/c1-14-23-19-11-21(24(14)23)34(27(36)37-28(2,3)4)25(19)26(35)33-18(12-31)9-16-6-5-15(10-20(16)30)17-7-8-22(29)32-13-17/h5-8,10,13-14,18-19,21,23-25H,9,11H2,1-4H3,(H,33,35)/t14-,18-,19+,21-,23-,24+,25-/m0/s1. The molecule has 0 spiro atoms. The van der Waals surface area contributed by atoms with Gasteiger partial charge in [-0.25, -0.2) is 14.2 Å². The zero-order valence-electron chi connectivity index (χ0n) is 21.2. The molecular weight excluding hydrogens is 495 g/mol. The van der Waals surface area contributed by atoms with Gasteiger partial charge in [-0.2, -0.15) is 5.26 Å². The van der Waals surface area contributed by atoms with Crippen LogP contribution in [0.15, 0.2) is 36.5 Å². The normalized spacial score (nSPS) is 28.3. The second kappa shape index (κ2) is 9.29. The highest BCUT2D eigenvalue weighted by molar-refractivity contribution is 6.29. The minimum atomic E-state index is -0.947. The highest BCUT2D eigenvalue weighted by atomic mass is 35.5. The van der Waals surface area contributed by atoms with Gasteiger partial charge in [0.25, 0.3) is 0 Å². The lowest BCUT2D eigenvalue weighted by Crippen LogP contribution is -2.56. The number of amides is 2. The molecule has 2 aliphatic carbocycles. The van der Waals surface area contributed by atoms with E-state index in [1.54, 1.807) is 56.1 Å². The first-order chi connectivity index (χ1) is 17.5. The molecule has 0 unspecified atom stereocenters. The molecule has 3 fully saturated rings. The predicted octanol–water partition coefficient (Wildman–Crippen LogP) is 4.98. The number of nitrogens with one attached hydrogen (secondary N) is 1. The molecule has 194 valence electrons. The minimum absolute atomic E-state index is 0.00291. The highest BCUT2D eigenvalue weighted by Crippen LogP contribution is 2.67. The molecule has 1 aromatic carbocycles. The minimum Gasteiger partial charge on any atom is -0.444 e. The van der Waals surface area contributed by atoms with E-state index in [9.17, 15) is 19.2 Å². The number of benzene rings is 1. The van der Waals surface area contributed by atoms with E-state index in [0.717, 1.165) is 6.42 Å². The van der Waals surface area contributed by atoms with E-state index in [1.165, 1.54) is 6.07 Å². The first-order valence-corrected chi connectivity index (χ1v) is 13.0. The van der Waals surface area contributed by atoms with Crippen molar-refractivity contribution in [2.75, 3.05) is 0 Å². The Morgan fingerprint density at radius 1 is 1.27 bits per heavy atom. The first kappa shape index (κ1) is 25.5. The largest absolute Gasteiger partial charge is 0.444 e. The zero-order chi connectivity index (χ0) is 26.6. The highest BCUT2D eigenvalue weighted by Gasteiger charge is 2.71. The summed E-state index contributed by atoms with van der Waals surface area (Å²) in [6.07, 6.45) is 1.84. The van der Waals surface area contributed by atoms with Gasteiger partial charge in [0.05, 0.1) is 6.07 Å². The molecular formula is C28H30ClFN4O3. The Morgan fingerprint density at radius 2 is 2.00 bits per heavy atom. The number of hydrogen-bond donors (Lipinski definition) is 1. The molecule has 7 nitrogen and oxygen atoms in total. The number of carbonyl (C=O) groups excluding carboxylic acids is 2. The van der Waals surface area contributed by atoms with Crippen molar-refractivity contribution in [1.82, 2.24) is 15.2 Å². The number of nitriles is 1. The number of aromatic nitrogens is 1. The molecule has 1 aliphatic heterocycles. The maximum Gasteiger partial charge on any atom is 0.411 e. The lowest BCUT2D eigenvalue weighted by molar-refractivity contribution is -0.128. The monoisotopic (exact) mass is 524 g/mol. The van der Waals surface area contributed by atoms with Gasteiger partial charge >= 0.3 is 6.09 Å². The molecule has 7 atom stereocenters. The summed E-state index contributed by atoms with van der Waals surface area (Å²) >= 11 is 5.83. The smallest absolute Gasteiger partial charge is 0.411 e. The second-order valence-corrected chi connectivity index (χ2v) is 11.8. The van der Waals surface area contributed by atoms with Gasteiger partial charge in [-0.05, 0) is 80.2 Å². The van der Waals surface area contributed by atoms with Crippen LogP contribution in [0.3, 0.4) is 0 Å². The first-order valence-electron chi connectivity index (χ1n) is 12.6. The number of piperidine rings is 1. The van der Waals surface area contributed by atoms with Crippen LogP contribution in [0.1, 0.15) is 39.7 Å². The van der Waals surface area contributed by atoms with Crippen molar-refractivity contribution in [2.24, 2.45) is 23.7 Å². The third-order valence-electron chi connectivity index (χ3n) is 7.92. The summed E-state index contributed by atoms with van der Waals surface area (Å²) in [6.45, 7) is 7.55.